The largest absolute Gasteiger partial charge is 0.349 e. The molecule has 0 bridgehead atoms. The van der Waals surface area contributed by atoms with Crippen molar-refractivity contribution in [2.75, 3.05) is 13.1 Å². The molecule has 0 unspecified atom stereocenters. The molecule has 2 amide bonds. The summed E-state index contributed by atoms with van der Waals surface area (Å²) in [5, 5.41) is 2.90. The average molecular weight is 340 g/mol. The Bertz CT molecular complexity index is 699. The second-order valence-electron chi connectivity index (χ2n) is 6.51. The number of piperidine rings is 1. The van der Waals surface area contributed by atoms with Crippen LogP contribution in [0, 0.1) is 0 Å². The van der Waals surface area contributed by atoms with E-state index in [0.29, 0.717) is 6.54 Å². The van der Waals surface area contributed by atoms with Crippen LogP contribution < -0.4 is 5.32 Å². The van der Waals surface area contributed by atoms with Crippen LogP contribution in [0.2, 0.25) is 0 Å². The maximum Gasteiger partial charge on any atom is 0.225 e. The lowest BCUT2D eigenvalue weighted by atomic mass is 10.0. The van der Waals surface area contributed by atoms with Gasteiger partial charge >= 0.3 is 0 Å². The van der Waals surface area contributed by atoms with Gasteiger partial charge in [0.15, 0.2) is 0 Å². The molecule has 1 aliphatic rings. The van der Waals surface area contributed by atoms with Crippen LogP contribution in [0.1, 0.15) is 43.8 Å². The van der Waals surface area contributed by atoms with E-state index in [1.165, 1.54) is 6.92 Å². The molecule has 1 fully saturated rings. The number of benzene rings is 1. The van der Waals surface area contributed by atoms with Gasteiger partial charge in [0.05, 0.1) is 24.8 Å². The molecule has 1 saturated heterocycles. The predicted octanol–water partition coefficient (Wildman–Crippen LogP) is 2.31. The van der Waals surface area contributed by atoms with Crippen molar-refractivity contribution in [3.05, 3.63) is 54.6 Å². The lowest BCUT2D eigenvalue weighted by Gasteiger charge is -2.34. The fourth-order valence-corrected chi connectivity index (χ4v) is 3.40. The molecular formula is C19H24N4O2. The number of rotatable bonds is 5. The van der Waals surface area contributed by atoms with Gasteiger partial charge in [0.25, 0.3) is 0 Å². The van der Waals surface area contributed by atoms with Crippen molar-refractivity contribution in [2.45, 2.75) is 38.3 Å². The maximum atomic E-state index is 12.8. The van der Waals surface area contributed by atoms with Crippen LogP contribution in [0.5, 0.6) is 0 Å². The van der Waals surface area contributed by atoms with E-state index >= 15 is 0 Å². The molecule has 2 aromatic rings. The van der Waals surface area contributed by atoms with Crippen LogP contribution in [-0.4, -0.2) is 39.4 Å². The lowest BCUT2D eigenvalue weighted by Crippen LogP contribution is -2.42. The summed E-state index contributed by atoms with van der Waals surface area (Å²) in [6.07, 6.45) is 7.83. The monoisotopic (exact) mass is 340 g/mol. The highest BCUT2D eigenvalue weighted by Crippen LogP contribution is 2.24. The Labute approximate surface area is 147 Å². The number of hydrogen-bond donors (Lipinski definition) is 1. The lowest BCUT2D eigenvalue weighted by molar-refractivity contribution is -0.133. The van der Waals surface area contributed by atoms with Crippen LogP contribution in [0.4, 0.5) is 0 Å². The molecule has 2 atom stereocenters. The molecule has 0 aliphatic carbocycles. The zero-order valence-electron chi connectivity index (χ0n) is 14.5. The summed E-state index contributed by atoms with van der Waals surface area (Å²) in [6.45, 7) is 2.94. The fraction of sp³-hybridized carbons (Fsp3) is 0.421. The number of likely N-dealkylation sites (tertiary alicyclic amines) is 1. The van der Waals surface area contributed by atoms with Gasteiger partial charge in [0.1, 0.15) is 0 Å². The van der Waals surface area contributed by atoms with Crippen molar-refractivity contribution in [1.29, 1.82) is 0 Å². The van der Waals surface area contributed by atoms with Crippen LogP contribution in [0.15, 0.2) is 49.1 Å². The normalized spacial score (nSPS) is 18.6. The summed E-state index contributed by atoms with van der Waals surface area (Å²) in [5.41, 5.74) is 0.953. The van der Waals surface area contributed by atoms with Gasteiger partial charge in [0, 0.05) is 32.4 Å². The molecular weight excluding hydrogens is 316 g/mol. The van der Waals surface area contributed by atoms with E-state index in [-0.39, 0.29) is 30.3 Å². The van der Waals surface area contributed by atoms with Crippen LogP contribution >= 0.6 is 0 Å². The van der Waals surface area contributed by atoms with Gasteiger partial charge < -0.3 is 14.8 Å². The molecule has 1 aliphatic heterocycles. The number of carbonyl (C=O) groups excluding carboxylic acids is 2. The first-order chi connectivity index (χ1) is 12.1. The van der Waals surface area contributed by atoms with Crippen LogP contribution in [0.25, 0.3) is 0 Å². The van der Waals surface area contributed by atoms with Crippen LogP contribution in [0.3, 0.4) is 0 Å². The first-order valence-corrected chi connectivity index (χ1v) is 8.70. The highest BCUT2D eigenvalue weighted by molar-refractivity contribution is 5.79. The Morgan fingerprint density at radius 3 is 2.80 bits per heavy atom. The van der Waals surface area contributed by atoms with Gasteiger partial charge in [0.2, 0.25) is 11.8 Å². The van der Waals surface area contributed by atoms with Gasteiger partial charge in [-0.3, -0.25) is 9.59 Å². The second kappa shape index (κ2) is 7.96. The minimum absolute atomic E-state index is 0.0763. The third-order valence-electron chi connectivity index (χ3n) is 4.65. The van der Waals surface area contributed by atoms with Crippen molar-refractivity contribution in [3.63, 3.8) is 0 Å². The molecule has 6 nitrogen and oxygen atoms in total. The summed E-state index contributed by atoms with van der Waals surface area (Å²) in [6, 6.07) is 9.64. The van der Waals surface area contributed by atoms with Crippen LogP contribution in [-0.2, 0) is 9.59 Å². The van der Waals surface area contributed by atoms with E-state index in [1.54, 1.807) is 6.20 Å². The third kappa shape index (κ3) is 4.47. The molecule has 1 aromatic heterocycles. The summed E-state index contributed by atoms with van der Waals surface area (Å²) in [7, 11) is 0. The van der Waals surface area contributed by atoms with Crippen molar-refractivity contribution < 1.29 is 9.59 Å². The molecule has 0 saturated carbocycles. The van der Waals surface area contributed by atoms with Gasteiger partial charge in [-0.1, -0.05) is 30.3 Å². The van der Waals surface area contributed by atoms with Crippen molar-refractivity contribution in [1.82, 2.24) is 19.8 Å². The summed E-state index contributed by atoms with van der Waals surface area (Å²) < 4.78 is 2.07. The number of hydrogen-bond acceptors (Lipinski definition) is 3. The van der Waals surface area contributed by atoms with E-state index in [1.807, 2.05) is 47.8 Å². The Balaban J connectivity index is 1.67. The standard InChI is InChI=1S/C19H24N4O2/c1-15(24)21-18(16-6-3-2-4-7-16)12-19(25)22-10-5-8-17(13-22)23-11-9-20-14-23/h2-4,6-7,9,11,14,17-18H,5,8,10,12-13H2,1H3,(H,21,24)/t17-,18-/m1/s1. The minimum Gasteiger partial charge on any atom is -0.349 e. The van der Waals surface area contributed by atoms with E-state index in [0.717, 1.165) is 24.9 Å². The number of nitrogens with zero attached hydrogens (tertiary/aromatic N) is 3. The number of aromatic nitrogens is 2. The minimum atomic E-state index is -0.292. The van der Waals surface area contributed by atoms with E-state index in [2.05, 4.69) is 14.9 Å². The molecule has 2 heterocycles. The Morgan fingerprint density at radius 2 is 2.12 bits per heavy atom. The first kappa shape index (κ1) is 17.2. The number of imidazole rings is 1. The molecule has 0 radical (unpaired) electrons. The van der Waals surface area contributed by atoms with Crippen molar-refractivity contribution in [2.24, 2.45) is 0 Å². The summed E-state index contributed by atoms with van der Waals surface area (Å²) >= 11 is 0. The fourth-order valence-electron chi connectivity index (χ4n) is 3.40. The summed E-state index contributed by atoms with van der Waals surface area (Å²) in [4.78, 5) is 30.4. The highest BCUT2D eigenvalue weighted by atomic mass is 16.2. The molecule has 1 aromatic carbocycles. The molecule has 132 valence electrons. The quantitative estimate of drug-likeness (QED) is 0.908. The second-order valence-corrected chi connectivity index (χ2v) is 6.51. The zero-order chi connectivity index (χ0) is 17.6. The number of carbonyl (C=O) groups is 2. The molecule has 6 heteroatoms. The van der Waals surface area contributed by atoms with E-state index in [9.17, 15) is 9.59 Å². The maximum absolute atomic E-state index is 12.8. The highest BCUT2D eigenvalue weighted by Gasteiger charge is 2.27. The molecule has 25 heavy (non-hydrogen) atoms. The molecule has 1 N–H and O–H groups in total. The van der Waals surface area contributed by atoms with E-state index < -0.39 is 0 Å². The molecule has 0 spiro atoms. The number of amides is 2. The smallest absolute Gasteiger partial charge is 0.225 e. The van der Waals surface area contributed by atoms with Gasteiger partial charge in [-0.15, -0.1) is 0 Å². The zero-order valence-corrected chi connectivity index (χ0v) is 14.5. The number of nitrogens with one attached hydrogen (secondary N) is 1. The van der Waals surface area contributed by atoms with Gasteiger partial charge in [-0.05, 0) is 18.4 Å². The third-order valence-corrected chi connectivity index (χ3v) is 4.65. The Hall–Kier alpha value is -2.63. The Kier molecular flexibility index (Phi) is 5.48. The van der Waals surface area contributed by atoms with Gasteiger partial charge in [-0.2, -0.15) is 0 Å². The molecule has 3 rings (SSSR count). The van der Waals surface area contributed by atoms with Gasteiger partial charge in [-0.25, -0.2) is 4.98 Å². The van der Waals surface area contributed by atoms with E-state index in [4.69, 9.17) is 0 Å². The predicted molar refractivity (Wildman–Crippen MR) is 94.7 cm³/mol. The topological polar surface area (TPSA) is 67.2 Å². The average Bonchev–Trinajstić information content (AvgIpc) is 3.16. The first-order valence-electron chi connectivity index (χ1n) is 8.70. The van der Waals surface area contributed by atoms with Crippen molar-refractivity contribution in [3.8, 4) is 0 Å². The van der Waals surface area contributed by atoms with Crippen molar-refractivity contribution >= 4 is 11.8 Å². The SMILES string of the molecule is CC(=O)N[C@H](CC(=O)N1CCC[C@@H](n2ccnc2)C1)c1ccccc1. The summed E-state index contributed by atoms with van der Waals surface area (Å²) in [5.74, 6) is -0.0518. The Morgan fingerprint density at radius 1 is 1.32 bits per heavy atom.